The number of carbonyl (C=O) groups excluding carboxylic acids is 1. The summed E-state index contributed by atoms with van der Waals surface area (Å²) in [4.78, 5) is 18.7. The quantitative estimate of drug-likeness (QED) is 0.767. The molecule has 0 atom stereocenters. The molecule has 2 heterocycles. The normalized spacial score (nSPS) is 14.2. The highest BCUT2D eigenvalue weighted by atomic mass is 16.5. The van der Waals surface area contributed by atoms with E-state index in [4.69, 9.17) is 9.47 Å². The number of amides is 2. The van der Waals surface area contributed by atoms with Crippen LogP contribution in [-0.4, -0.2) is 43.4 Å². The molecule has 28 heavy (non-hydrogen) atoms. The smallest absolute Gasteiger partial charge is 0.319 e. The maximum Gasteiger partial charge on any atom is 0.319 e. The molecule has 2 aromatic rings. The standard InChI is InChI=1S/C21H28N4O3/c1-16(2)28-15-18-5-3-17(4-6-18)13-23-21(26)24-19-7-8-20(22-14-19)25-9-11-27-12-10-25/h3-8,14,16H,9-13,15H2,1-2H3,(H2,23,24,26). The molecule has 1 aromatic carbocycles. The topological polar surface area (TPSA) is 75.7 Å². The van der Waals surface area contributed by atoms with Crippen LogP contribution in [0.1, 0.15) is 25.0 Å². The summed E-state index contributed by atoms with van der Waals surface area (Å²) in [6.45, 7) is 8.19. The molecule has 2 N–H and O–H groups in total. The Bertz CT molecular complexity index is 741. The average molecular weight is 384 g/mol. The number of nitrogens with one attached hydrogen (secondary N) is 2. The molecule has 1 aromatic heterocycles. The average Bonchev–Trinajstić information content (AvgIpc) is 2.73. The Morgan fingerprint density at radius 2 is 1.86 bits per heavy atom. The van der Waals surface area contributed by atoms with Gasteiger partial charge >= 0.3 is 6.03 Å². The Morgan fingerprint density at radius 1 is 1.14 bits per heavy atom. The number of ether oxygens (including phenoxy) is 2. The van der Waals surface area contributed by atoms with E-state index in [2.05, 4.69) is 20.5 Å². The Balaban J connectivity index is 1.43. The molecule has 0 bridgehead atoms. The monoisotopic (exact) mass is 384 g/mol. The van der Waals surface area contributed by atoms with Crippen LogP contribution in [0.5, 0.6) is 0 Å². The molecule has 1 fully saturated rings. The van der Waals surface area contributed by atoms with E-state index < -0.39 is 0 Å². The molecular formula is C21H28N4O3. The van der Waals surface area contributed by atoms with Crippen molar-refractivity contribution in [1.82, 2.24) is 10.3 Å². The number of anilines is 2. The molecule has 2 amide bonds. The Morgan fingerprint density at radius 3 is 2.50 bits per heavy atom. The molecular weight excluding hydrogens is 356 g/mol. The number of morpholine rings is 1. The van der Waals surface area contributed by atoms with E-state index in [0.29, 0.717) is 18.8 Å². The summed E-state index contributed by atoms with van der Waals surface area (Å²) in [7, 11) is 0. The Kier molecular flexibility index (Phi) is 7.22. The molecule has 7 heteroatoms. The molecule has 0 aliphatic carbocycles. The van der Waals surface area contributed by atoms with E-state index >= 15 is 0 Å². The Hall–Kier alpha value is -2.64. The van der Waals surface area contributed by atoms with Gasteiger partial charge in [0.2, 0.25) is 0 Å². The van der Waals surface area contributed by atoms with E-state index in [1.165, 1.54) is 0 Å². The molecule has 150 valence electrons. The first-order valence-electron chi connectivity index (χ1n) is 9.63. The highest BCUT2D eigenvalue weighted by Crippen LogP contribution is 2.15. The molecule has 0 radical (unpaired) electrons. The zero-order chi connectivity index (χ0) is 19.8. The highest BCUT2D eigenvalue weighted by Gasteiger charge is 2.12. The van der Waals surface area contributed by atoms with E-state index in [0.717, 1.165) is 43.2 Å². The van der Waals surface area contributed by atoms with Gasteiger partial charge in [0.25, 0.3) is 0 Å². The zero-order valence-corrected chi connectivity index (χ0v) is 16.5. The summed E-state index contributed by atoms with van der Waals surface area (Å²) in [6.07, 6.45) is 1.89. The summed E-state index contributed by atoms with van der Waals surface area (Å²) >= 11 is 0. The predicted octanol–water partition coefficient (Wildman–Crippen LogP) is 3.16. The van der Waals surface area contributed by atoms with Crippen molar-refractivity contribution in [1.29, 1.82) is 0 Å². The van der Waals surface area contributed by atoms with Gasteiger partial charge in [0.05, 0.1) is 37.8 Å². The van der Waals surface area contributed by atoms with Gasteiger partial charge in [0.1, 0.15) is 5.82 Å². The van der Waals surface area contributed by atoms with Gasteiger partial charge in [-0.1, -0.05) is 24.3 Å². The van der Waals surface area contributed by atoms with Crippen molar-refractivity contribution < 1.29 is 14.3 Å². The van der Waals surface area contributed by atoms with Gasteiger partial charge in [-0.2, -0.15) is 0 Å². The first-order chi connectivity index (χ1) is 13.6. The Labute approximate surface area is 166 Å². The molecule has 3 rings (SSSR count). The number of hydrogen-bond donors (Lipinski definition) is 2. The molecule has 0 spiro atoms. The van der Waals surface area contributed by atoms with Crippen LogP contribution >= 0.6 is 0 Å². The van der Waals surface area contributed by atoms with Crippen LogP contribution in [0.2, 0.25) is 0 Å². The van der Waals surface area contributed by atoms with Gasteiger partial charge in [-0.3, -0.25) is 0 Å². The van der Waals surface area contributed by atoms with Gasteiger partial charge in [0.15, 0.2) is 0 Å². The molecule has 7 nitrogen and oxygen atoms in total. The third-order valence-corrected chi connectivity index (χ3v) is 4.40. The number of hydrogen-bond acceptors (Lipinski definition) is 5. The zero-order valence-electron chi connectivity index (χ0n) is 16.5. The van der Waals surface area contributed by atoms with Gasteiger partial charge in [-0.25, -0.2) is 9.78 Å². The fourth-order valence-electron chi connectivity index (χ4n) is 2.81. The largest absolute Gasteiger partial charge is 0.378 e. The van der Waals surface area contributed by atoms with Gasteiger partial charge in [-0.15, -0.1) is 0 Å². The lowest BCUT2D eigenvalue weighted by molar-refractivity contribution is 0.0657. The van der Waals surface area contributed by atoms with E-state index in [1.807, 2.05) is 50.2 Å². The lowest BCUT2D eigenvalue weighted by Crippen LogP contribution is -2.36. The number of urea groups is 1. The van der Waals surface area contributed by atoms with Crippen molar-refractivity contribution >= 4 is 17.5 Å². The van der Waals surface area contributed by atoms with Crippen LogP contribution in [0.4, 0.5) is 16.3 Å². The minimum absolute atomic E-state index is 0.211. The first kappa shape index (κ1) is 20.1. The number of carbonyl (C=O) groups is 1. The first-order valence-corrected chi connectivity index (χ1v) is 9.63. The lowest BCUT2D eigenvalue weighted by Gasteiger charge is -2.27. The van der Waals surface area contributed by atoms with Crippen LogP contribution in [-0.2, 0) is 22.6 Å². The SMILES string of the molecule is CC(C)OCc1ccc(CNC(=O)Nc2ccc(N3CCOCC3)nc2)cc1. The van der Waals surface area contributed by atoms with Crippen molar-refractivity contribution in [3.05, 3.63) is 53.7 Å². The van der Waals surface area contributed by atoms with Crippen LogP contribution < -0.4 is 15.5 Å². The van der Waals surface area contributed by atoms with Crippen molar-refractivity contribution in [2.24, 2.45) is 0 Å². The number of benzene rings is 1. The maximum atomic E-state index is 12.1. The molecule has 1 aliphatic rings. The third-order valence-electron chi connectivity index (χ3n) is 4.40. The number of pyridine rings is 1. The second-order valence-corrected chi connectivity index (χ2v) is 6.99. The minimum atomic E-state index is -0.256. The number of aromatic nitrogens is 1. The third kappa shape index (κ3) is 6.21. The lowest BCUT2D eigenvalue weighted by atomic mass is 10.1. The second kappa shape index (κ2) is 10.1. The van der Waals surface area contributed by atoms with Crippen molar-refractivity contribution in [3.63, 3.8) is 0 Å². The van der Waals surface area contributed by atoms with E-state index in [-0.39, 0.29) is 12.1 Å². The number of nitrogens with zero attached hydrogens (tertiary/aromatic N) is 2. The molecule has 0 saturated carbocycles. The fourth-order valence-corrected chi connectivity index (χ4v) is 2.81. The fraction of sp³-hybridized carbons (Fsp3) is 0.429. The molecule has 1 aliphatic heterocycles. The maximum absolute atomic E-state index is 12.1. The van der Waals surface area contributed by atoms with Crippen LogP contribution in [0, 0.1) is 0 Å². The molecule has 1 saturated heterocycles. The van der Waals surface area contributed by atoms with Gasteiger partial charge in [-0.05, 0) is 37.1 Å². The number of rotatable bonds is 7. The van der Waals surface area contributed by atoms with Crippen LogP contribution in [0.3, 0.4) is 0 Å². The van der Waals surface area contributed by atoms with Gasteiger partial charge in [0, 0.05) is 19.6 Å². The van der Waals surface area contributed by atoms with E-state index in [9.17, 15) is 4.79 Å². The summed E-state index contributed by atoms with van der Waals surface area (Å²) in [6, 6.07) is 11.6. The summed E-state index contributed by atoms with van der Waals surface area (Å²) in [5.41, 5.74) is 2.81. The minimum Gasteiger partial charge on any atom is -0.378 e. The van der Waals surface area contributed by atoms with Crippen LogP contribution in [0.25, 0.3) is 0 Å². The van der Waals surface area contributed by atoms with E-state index in [1.54, 1.807) is 6.20 Å². The second-order valence-electron chi connectivity index (χ2n) is 6.99. The van der Waals surface area contributed by atoms with Crippen molar-refractivity contribution in [2.75, 3.05) is 36.5 Å². The summed E-state index contributed by atoms with van der Waals surface area (Å²) in [5.74, 6) is 0.899. The van der Waals surface area contributed by atoms with Crippen molar-refractivity contribution in [2.45, 2.75) is 33.1 Å². The van der Waals surface area contributed by atoms with Crippen LogP contribution in [0.15, 0.2) is 42.6 Å². The van der Waals surface area contributed by atoms with Gasteiger partial charge < -0.3 is 25.0 Å². The molecule has 0 unspecified atom stereocenters. The summed E-state index contributed by atoms with van der Waals surface area (Å²) < 4.78 is 10.9. The highest BCUT2D eigenvalue weighted by molar-refractivity contribution is 5.89. The summed E-state index contributed by atoms with van der Waals surface area (Å²) in [5, 5.41) is 5.67. The predicted molar refractivity (Wildman–Crippen MR) is 109 cm³/mol. The van der Waals surface area contributed by atoms with Crippen molar-refractivity contribution in [3.8, 4) is 0 Å².